The number of rotatable bonds is 6. The third-order valence-electron chi connectivity index (χ3n) is 6.15. The summed E-state index contributed by atoms with van der Waals surface area (Å²) in [5.74, 6) is -0.182. The highest BCUT2D eigenvalue weighted by Crippen LogP contribution is 2.26. The average Bonchev–Trinajstić information content (AvgIpc) is 3.36. The lowest BCUT2D eigenvalue weighted by Crippen LogP contribution is -2.31. The molecule has 0 atom stereocenters. The van der Waals surface area contributed by atoms with Gasteiger partial charge in [-0.25, -0.2) is 4.68 Å². The fourth-order valence-electron chi connectivity index (χ4n) is 4.28. The molecule has 0 fully saturated rings. The first-order chi connectivity index (χ1) is 17.1. The molecule has 1 heterocycles. The Balaban J connectivity index is 1.60. The molecule has 172 valence electrons. The van der Waals surface area contributed by atoms with Crippen LogP contribution < -0.4 is 5.32 Å². The van der Waals surface area contributed by atoms with E-state index >= 15 is 0 Å². The lowest BCUT2D eigenvalue weighted by molar-refractivity contribution is 0.0935. The molecule has 4 aromatic carbocycles. The van der Waals surface area contributed by atoms with Gasteiger partial charge in [-0.05, 0) is 48.2 Å². The normalized spacial score (nSPS) is 10.9. The third-order valence-corrected chi connectivity index (χ3v) is 6.15. The first kappa shape index (κ1) is 22.4. The van der Waals surface area contributed by atoms with Gasteiger partial charge in [-0.2, -0.15) is 5.10 Å². The van der Waals surface area contributed by atoms with Gasteiger partial charge < -0.3 is 5.32 Å². The number of hydrogen-bond acceptors (Lipinski definition) is 2. The summed E-state index contributed by atoms with van der Waals surface area (Å²) in [6.45, 7) is 4.09. The molecule has 5 aromatic rings. The van der Waals surface area contributed by atoms with Gasteiger partial charge in [0.05, 0.1) is 17.4 Å². The molecule has 1 N–H and O–H groups in total. The summed E-state index contributed by atoms with van der Waals surface area (Å²) in [5.41, 5.74) is 7.32. The first-order valence-corrected chi connectivity index (χ1v) is 11.7. The van der Waals surface area contributed by atoms with Crippen LogP contribution in [0.4, 0.5) is 0 Å². The van der Waals surface area contributed by atoms with Crippen LogP contribution in [0.5, 0.6) is 0 Å². The molecular formula is C31H27N3O. The van der Waals surface area contributed by atoms with Crippen LogP contribution in [-0.2, 0) is 0 Å². The van der Waals surface area contributed by atoms with Gasteiger partial charge in [-0.1, -0.05) is 103 Å². The van der Waals surface area contributed by atoms with Crippen LogP contribution in [0.15, 0.2) is 115 Å². The summed E-state index contributed by atoms with van der Waals surface area (Å²) in [6.07, 6.45) is 0. The Morgan fingerprint density at radius 3 is 1.91 bits per heavy atom. The number of amides is 1. The van der Waals surface area contributed by atoms with Gasteiger partial charge in [0.2, 0.25) is 0 Å². The second-order valence-corrected chi connectivity index (χ2v) is 8.71. The predicted molar refractivity (Wildman–Crippen MR) is 141 cm³/mol. The molecule has 0 bridgehead atoms. The molecule has 0 aliphatic carbocycles. The van der Waals surface area contributed by atoms with E-state index in [0.717, 1.165) is 39.2 Å². The second kappa shape index (κ2) is 9.82. The SMILES string of the molecule is Cc1ccc(C)c(-n2nc(-c3ccccc3)cc2C(=O)NC(c2ccccc2)c2ccccc2)c1. The van der Waals surface area contributed by atoms with E-state index in [1.165, 1.54) is 0 Å². The standard InChI is InChI=1S/C31H27N3O/c1-22-18-19-23(2)28(20-22)34-29(21-27(33-34)24-12-6-3-7-13-24)31(35)32-30(25-14-8-4-9-15-25)26-16-10-5-11-17-26/h3-21,30H,1-2H3,(H,32,35). The zero-order valence-electron chi connectivity index (χ0n) is 19.8. The molecule has 5 rings (SSSR count). The highest BCUT2D eigenvalue weighted by molar-refractivity contribution is 5.95. The lowest BCUT2D eigenvalue weighted by atomic mass is 9.98. The molecule has 35 heavy (non-hydrogen) atoms. The summed E-state index contributed by atoms with van der Waals surface area (Å²) >= 11 is 0. The Morgan fingerprint density at radius 1 is 0.743 bits per heavy atom. The van der Waals surface area contributed by atoms with Crippen molar-refractivity contribution in [3.05, 3.63) is 143 Å². The Bertz CT molecular complexity index is 1400. The van der Waals surface area contributed by atoms with Crippen molar-refractivity contribution in [2.45, 2.75) is 19.9 Å². The maximum absolute atomic E-state index is 13.9. The molecule has 0 unspecified atom stereocenters. The Morgan fingerprint density at radius 2 is 1.31 bits per heavy atom. The first-order valence-electron chi connectivity index (χ1n) is 11.7. The van der Waals surface area contributed by atoms with Crippen LogP contribution in [0.3, 0.4) is 0 Å². The number of aromatic nitrogens is 2. The van der Waals surface area contributed by atoms with Gasteiger partial charge in [0, 0.05) is 5.56 Å². The van der Waals surface area contributed by atoms with E-state index in [1.807, 2.05) is 111 Å². The van der Waals surface area contributed by atoms with Crippen molar-refractivity contribution < 1.29 is 4.79 Å². The summed E-state index contributed by atoms with van der Waals surface area (Å²) in [5, 5.41) is 8.16. The van der Waals surface area contributed by atoms with Crippen LogP contribution in [0.25, 0.3) is 16.9 Å². The number of carbonyl (C=O) groups excluding carboxylic acids is 1. The molecule has 0 aliphatic rings. The van der Waals surface area contributed by atoms with E-state index in [0.29, 0.717) is 5.69 Å². The molecule has 4 heteroatoms. The van der Waals surface area contributed by atoms with E-state index in [-0.39, 0.29) is 11.9 Å². The highest BCUT2D eigenvalue weighted by atomic mass is 16.2. The van der Waals surface area contributed by atoms with Crippen molar-refractivity contribution in [2.75, 3.05) is 0 Å². The predicted octanol–water partition coefficient (Wildman–Crippen LogP) is 6.68. The van der Waals surface area contributed by atoms with Gasteiger partial charge in [0.1, 0.15) is 5.69 Å². The van der Waals surface area contributed by atoms with Gasteiger partial charge in [0.15, 0.2) is 0 Å². The summed E-state index contributed by atoms with van der Waals surface area (Å²) in [7, 11) is 0. The molecule has 4 nitrogen and oxygen atoms in total. The summed E-state index contributed by atoms with van der Waals surface area (Å²) in [6, 6.07) is 37.8. The highest BCUT2D eigenvalue weighted by Gasteiger charge is 2.23. The molecule has 0 radical (unpaired) electrons. The Labute approximate surface area is 205 Å². The van der Waals surface area contributed by atoms with Crippen LogP contribution >= 0.6 is 0 Å². The maximum atomic E-state index is 13.9. The van der Waals surface area contributed by atoms with Crippen molar-refractivity contribution in [1.29, 1.82) is 0 Å². The summed E-state index contributed by atoms with van der Waals surface area (Å²) < 4.78 is 1.77. The molecule has 0 saturated carbocycles. The maximum Gasteiger partial charge on any atom is 0.270 e. The van der Waals surface area contributed by atoms with Crippen molar-refractivity contribution in [3.8, 4) is 16.9 Å². The fraction of sp³-hybridized carbons (Fsp3) is 0.0968. The van der Waals surface area contributed by atoms with E-state index in [9.17, 15) is 4.79 Å². The number of benzene rings is 4. The number of nitrogens with zero attached hydrogens (tertiary/aromatic N) is 2. The Hall–Kier alpha value is -4.44. The quantitative estimate of drug-likeness (QED) is 0.309. The van der Waals surface area contributed by atoms with E-state index < -0.39 is 0 Å². The van der Waals surface area contributed by atoms with Crippen molar-refractivity contribution in [3.63, 3.8) is 0 Å². The van der Waals surface area contributed by atoms with Crippen molar-refractivity contribution in [1.82, 2.24) is 15.1 Å². The average molecular weight is 458 g/mol. The number of aryl methyl sites for hydroxylation is 2. The van der Waals surface area contributed by atoms with Gasteiger partial charge >= 0.3 is 0 Å². The molecule has 0 aliphatic heterocycles. The second-order valence-electron chi connectivity index (χ2n) is 8.71. The van der Waals surface area contributed by atoms with Crippen molar-refractivity contribution in [2.24, 2.45) is 0 Å². The summed E-state index contributed by atoms with van der Waals surface area (Å²) in [4.78, 5) is 13.9. The van der Waals surface area contributed by atoms with Crippen LogP contribution in [0.2, 0.25) is 0 Å². The molecular weight excluding hydrogens is 430 g/mol. The molecule has 0 spiro atoms. The molecule has 1 aromatic heterocycles. The Kier molecular flexibility index (Phi) is 6.27. The third kappa shape index (κ3) is 4.78. The fourth-order valence-corrected chi connectivity index (χ4v) is 4.28. The van der Waals surface area contributed by atoms with E-state index in [1.54, 1.807) is 4.68 Å². The van der Waals surface area contributed by atoms with E-state index in [4.69, 9.17) is 5.10 Å². The smallest absolute Gasteiger partial charge is 0.270 e. The number of nitrogens with one attached hydrogen (secondary N) is 1. The zero-order valence-corrected chi connectivity index (χ0v) is 19.8. The largest absolute Gasteiger partial charge is 0.340 e. The zero-order chi connectivity index (χ0) is 24.2. The lowest BCUT2D eigenvalue weighted by Gasteiger charge is -2.20. The minimum atomic E-state index is -0.285. The minimum absolute atomic E-state index is 0.182. The van der Waals surface area contributed by atoms with Crippen molar-refractivity contribution >= 4 is 5.91 Å². The van der Waals surface area contributed by atoms with Gasteiger partial charge in [-0.15, -0.1) is 0 Å². The number of hydrogen-bond donors (Lipinski definition) is 1. The van der Waals surface area contributed by atoms with Gasteiger partial charge in [0.25, 0.3) is 5.91 Å². The topological polar surface area (TPSA) is 46.9 Å². The molecule has 0 saturated heterocycles. The van der Waals surface area contributed by atoms with Crippen LogP contribution in [0.1, 0.15) is 38.8 Å². The molecule has 1 amide bonds. The van der Waals surface area contributed by atoms with Gasteiger partial charge in [-0.3, -0.25) is 4.79 Å². The van der Waals surface area contributed by atoms with Crippen LogP contribution in [0, 0.1) is 13.8 Å². The van der Waals surface area contributed by atoms with E-state index in [2.05, 4.69) is 23.5 Å². The van der Waals surface area contributed by atoms with Crippen LogP contribution in [-0.4, -0.2) is 15.7 Å². The minimum Gasteiger partial charge on any atom is -0.340 e. The monoisotopic (exact) mass is 457 g/mol. The number of carbonyl (C=O) groups is 1.